The van der Waals surface area contributed by atoms with Gasteiger partial charge in [-0.15, -0.1) is 0 Å². The van der Waals surface area contributed by atoms with Gasteiger partial charge >= 0.3 is 6.18 Å². The maximum atomic E-state index is 13.0. The Balaban J connectivity index is 2.37. The minimum Gasteiger partial charge on any atom is -0.493 e. The summed E-state index contributed by atoms with van der Waals surface area (Å²) in [4.78, 5) is 6.30. The lowest BCUT2D eigenvalue weighted by atomic mass is 10.1. The number of hydrogen-bond acceptors (Lipinski definition) is 3. The monoisotopic (exact) mass is 400 g/mol. The van der Waals surface area contributed by atoms with Gasteiger partial charge in [0, 0.05) is 19.7 Å². The van der Waals surface area contributed by atoms with Gasteiger partial charge in [-0.2, -0.15) is 13.2 Å². The minimum atomic E-state index is -4.57. The lowest BCUT2D eigenvalue weighted by Gasteiger charge is -2.15. The van der Waals surface area contributed by atoms with Crippen molar-refractivity contribution in [2.45, 2.75) is 20.0 Å². The van der Waals surface area contributed by atoms with E-state index in [1.54, 1.807) is 18.5 Å². The molecule has 0 spiro atoms. The molecule has 0 aliphatic carbocycles. The van der Waals surface area contributed by atoms with Crippen LogP contribution in [-0.4, -0.2) is 31.9 Å². The Morgan fingerprint density at radius 2 is 1.89 bits per heavy atom. The lowest BCUT2D eigenvalue weighted by Crippen LogP contribution is -2.14. The van der Waals surface area contributed by atoms with E-state index in [2.05, 4.69) is 4.99 Å². The number of methoxy groups -OCH3 is 1. The highest BCUT2D eigenvalue weighted by Crippen LogP contribution is 2.40. The summed E-state index contributed by atoms with van der Waals surface area (Å²) in [7, 11) is 3.35. The summed E-state index contributed by atoms with van der Waals surface area (Å²) in [6.45, 7) is 4.63. The zero-order valence-electron chi connectivity index (χ0n) is 15.4. The van der Waals surface area contributed by atoms with Crippen molar-refractivity contribution >= 4 is 23.6 Å². The predicted octanol–water partition coefficient (Wildman–Crippen LogP) is 6.08. The Morgan fingerprint density at radius 3 is 2.48 bits per heavy atom. The van der Waals surface area contributed by atoms with Crippen LogP contribution < -0.4 is 9.47 Å². The summed E-state index contributed by atoms with van der Waals surface area (Å²) >= 11 is 5.64. The second-order valence-electron chi connectivity index (χ2n) is 5.85. The van der Waals surface area contributed by atoms with Crippen LogP contribution in [-0.2, 0) is 6.18 Å². The molecule has 4 nitrogen and oxygen atoms in total. The van der Waals surface area contributed by atoms with Crippen LogP contribution in [0.1, 0.15) is 18.1 Å². The summed E-state index contributed by atoms with van der Waals surface area (Å²) < 4.78 is 50.0. The summed E-state index contributed by atoms with van der Waals surface area (Å²) in [5.41, 5.74) is 0.504. The molecule has 2 aromatic carbocycles. The van der Waals surface area contributed by atoms with Gasteiger partial charge in [0.25, 0.3) is 0 Å². The van der Waals surface area contributed by atoms with Crippen LogP contribution >= 0.6 is 11.6 Å². The third-order valence-electron chi connectivity index (χ3n) is 3.85. The smallest absolute Gasteiger partial charge is 0.417 e. The average Bonchev–Trinajstić information content (AvgIpc) is 2.61. The quantitative estimate of drug-likeness (QED) is 0.435. The molecule has 0 unspecified atom stereocenters. The van der Waals surface area contributed by atoms with E-state index in [-0.39, 0.29) is 16.5 Å². The van der Waals surface area contributed by atoms with E-state index in [1.807, 2.05) is 25.8 Å². The molecule has 8 heteroatoms. The summed E-state index contributed by atoms with van der Waals surface area (Å²) in [6, 6.07) is 6.72. The van der Waals surface area contributed by atoms with Crippen molar-refractivity contribution in [3.63, 3.8) is 0 Å². The van der Waals surface area contributed by atoms with E-state index < -0.39 is 11.7 Å². The van der Waals surface area contributed by atoms with Crippen LogP contribution in [0.4, 0.5) is 18.9 Å². The number of rotatable bonds is 6. The third kappa shape index (κ3) is 5.29. The van der Waals surface area contributed by atoms with Crippen LogP contribution in [0.2, 0.25) is 5.02 Å². The second-order valence-corrected chi connectivity index (χ2v) is 6.26. The molecule has 2 aromatic rings. The Labute approximate surface area is 161 Å². The van der Waals surface area contributed by atoms with Crippen molar-refractivity contribution in [1.82, 2.24) is 4.90 Å². The molecule has 0 saturated heterocycles. The lowest BCUT2D eigenvalue weighted by molar-refractivity contribution is -0.137. The van der Waals surface area contributed by atoms with Crippen LogP contribution in [0.25, 0.3) is 0 Å². The number of aliphatic imine (C=N–C) groups is 1. The standard InChI is InChI=1S/C19H20ClF3N2O2/c1-5-25(3)11-24-16-10-17(26-4)18(8-12(16)2)27-13-6-7-15(20)14(9-13)19(21,22)23/h6-11H,5H2,1-4H3/b24-11-. The predicted molar refractivity (Wildman–Crippen MR) is 101 cm³/mol. The van der Waals surface area contributed by atoms with Gasteiger partial charge in [0.15, 0.2) is 11.5 Å². The first-order valence-corrected chi connectivity index (χ1v) is 8.51. The molecule has 146 valence electrons. The SMILES string of the molecule is CCN(C)/C=N\c1cc(OC)c(Oc2ccc(Cl)c(C(F)(F)F)c2)cc1C. The molecule has 0 fully saturated rings. The third-order valence-corrected chi connectivity index (χ3v) is 4.18. The number of hydrogen-bond donors (Lipinski definition) is 0. The van der Waals surface area contributed by atoms with Gasteiger partial charge in [-0.3, -0.25) is 0 Å². The van der Waals surface area contributed by atoms with Gasteiger partial charge in [0.05, 0.1) is 29.7 Å². The topological polar surface area (TPSA) is 34.1 Å². The highest BCUT2D eigenvalue weighted by atomic mass is 35.5. The molecule has 0 aromatic heterocycles. The first kappa shape index (κ1) is 20.9. The summed E-state index contributed by atoms with van der Waals surface area (Å²) in [5.74, 6) is 0.648. The molecular weight excluding hydrogens is 381 g/mol. The maximum absolute atomic E-state index is 13.0. The van der Waals surface area contributed by atoms with E-state index in [9.17, 15) is 13.2 Å². The van der Waals surface area contributed by atoms with E-state index in [1.165, 1.54) is 13.2 Å². The van der Waals surface area contributed by atoms with Crippen molar-refractivity contribution < 1.29 is 22.6 Å². The Kier molecular flexibility index (Phi) is 6.59. The van der Waals surface area contributed by atoms with Crippen LogP contribution in [0, 0.1) is 6.92 Å². The Hall–Kier alpha value is -2.41. The molecule has 27 heavy (non-hydrogen) atoms. The normalized spacial score (nSPS) is 11.7. The Morgan fingerprint density at radius 1 is 1.19 bits per heavy atom. The van der Waals surface area contributed by atoms with Gasteiger partial charge in [-0.1, -0.05) is 11.6 Å². The van der Waals surface area contributed by atoms with Gasteiger partial charge in [0.2, 0.25) is 0 Å². The van der Waals surface area contributed by atoms with E-state index >= 15 is 0 Å². The molecular formula is C19H20ClF3N2O2. The molecule has 0 aliphatic rings. The van der Waals surface area contributed by atoms with Crippen LogP contribution in [0.15, 0.2) is 35.3 Å². The van der Waals surface area contributed by atoms with E-state index in [0.717, 1.165) is 24.2 Å². The molecule has 0 radical (unpaired) electrons. The van der Waals surface area contributed by atoms with Gasteiger partial charge < -0.3 is 14.4 Å². The first-order chi connectivity index (χ1) is 12.7. The molecule has 0 N–H and O–H groups in total. The average molecular weight is 401 g/mol. The largest absolute Gasteiger partial charge is 0.493 e. The van der Waals surface area contributed by atoms with Crippen molar-refractivity contribution in [1.29, 1.82) is 0 Å². The second kappa shape index (κ2) is 8.52. The van der Waals surface area contributed by atoms with Gasteiger partial charge in [0.1, 0.15) is 5.75 Å². The number of benzene rings is 2. The number of alkyl halides is 3. The number of halogens is 4. The fourth-order valence-electron chi connectivity index (χ4n) is 2.18. The van der Waals surface area contributed by atoms with E-state index in [4.69, 9.17) is 21.1 Å². The molecule has 0 heterocycles. The number of aryl methyl sites for hydroxylation is 1. The minimum absolute atomic E-state index is 0.00592. The zero-order chi connectivity index (χ0) is 20.2. The van der Waals surface area contributed by atoms with Gasteiger partial charge in [-0.25, -0.2) is 4.99 Å². The molecule has 0 amide bonds. The molecule has 2 rings (SSSR count). The number of nitrogens with zero attached hydrogens (tertiary/aromatic N) is 2. The van der Waals surface area contributed by atoms with Crippen molar-refractivity contribution in [3.05, 3.63) is 46.5 Å². The molecule has 0 bridgehead atoms. The zero-order valence-corrected chi connectivity index (χ0v) is 16.1. The highest BCUT2D eigenvalue weighted by Gasteiger charge is 2.33. The summed E-state index contributed by atoms with van der Waals surface area (Å²) in [6.07, 6.45) is -2.88. The summed E-state index contributed by atoms with van der Waals surface area (Å²) in [5, 5.41) is -0.386. The Bertz CT molecular complexity index is 838. The number of ether oxygens (including phenoxy) is 2. The molecule has 0 aliphatic heterocycles. The van der Waals surface area contributed by atoms with Crippen molar-refractivity contribution in [2.24, 2.45) is 4.99 Å². The molecule has 0 atom stereocenters. The fourth-order valence-corrected chi connectivity index (χ4v) is 2.41. The highest BCUT2D eigenvalue weighted by molar-refractivity contribution is 6.31. The van der Waals surface area contributed by atoms with Crippen LogP contribution in [0.5, 0.6) is 17.2 Å². The first-order valence-electron chi connectivity index (χ1n) is 8.13. The van der Waals surface area contributed by atoms with Crippen molar-refractivity contribution in [2.75, 3.05) is 20.7 Å². The van der Waals surface area contributed by atoms with E-state index in [0.29, 0.717) is 11.4 Å². The fraction of sp³-hybridized carbons (Fsp3) is 0.316. The van der Waals surface area contributed by atoms with Crippen molar-refractivity contribution in [3.8, 4) is 17.2 Å². The molecule has 0 saturated carbocycles. The maximum Gasteiger partial charge on any atom is 0.417 e. The van der Waals surface area contributed by atoms with Crippen LogP contribution in [0.3, 0.4) is 0 Å². The van der Waals surface area contributed by atoms with Gasteiger partial charge in [-0.05, 0) is 43.7 Å².